The third kappa shape index (κ3) is 5.34. The van der Waals surface area contributed by atoms with Crippen LogP contribution in [-0.4, -0.2) is 12.3 Å². The highest BCUT2D eigenvalue weighted by atomic mass is 16.1. The molecule has 1 aromatic rings. The van der Waals surface area contributed by atoms with Crippen LogP contribution in [0.4, 0.5) is 5.69 Å². The van der Waals surface area contributed by atoms with Crippen molar-refractivity contribution in [3.8, 4) is 0 Å². The molecule has 0 amide bonds. The average Bonchev–Trinajstić information content (AvgIpc) is 2.24. The van der Waals surface area contributed by atoms with Gasteiger partial charge in [0.1, 0.15) is 0 Å². The molecule has 0 fully saturated rings. The number of carbonyl (C=O) groups is 1. The van der Waals surface area contributed by atoms with E-state index in [-0.39, 0.29) is 5.78 Å². The van der Waals surface area contributed by atoms with E-state index in [0.717, 1.165) is 17.1 Å². The Morgan fingerprint density at radius 1 is 1.39 bits per heavy atom. The molecule has 0 bridgehead atoms. The number of allylic oxidation sites excluding steroid dienone is 2. The van der Waals surface area contributed by atoms with Crippen LogP contribution in [0.3, 0.4) is 0 Å². The molecule has 0 saturated heterocycles. The lowest BCUT2D eigenvalue weighted by Gasteiger charge is -2.12. The predicted molar refractivity (Wildman–Crippen MR) is 76.4 cm³/mol. The molecule has 0 spiro atoms. The van der Waals surface area contributed by atoms with Crippen LogP contribution in [0.1, 0.15) is 19.4 Å². The summed E-state index contributed by atoms with van der Waals surface area (Å²) in [6, 6.07) is 8.10. The molecule has 1 rings (SSSR count). The zero-order valence-electron chi connectivity index (χ0n) is 11.2. The summed E-state index contributed by atoms with van der Waals surface area (Å²) in [5.74, 6) is 0.0183. The van der Waals surface area contributed by atoms with E-state index in [0.29, 0.717) is 6.54 Å². The van der Waals surface area contributed by atoms with Crippen molar-refractivity contribution in [2.24, 2.45) is 0 Å². The third-order valence-corrected chi connectivity index (χ3v) is 2.25. The first kappa shape index (κ1) is 14.0. The van der Waals surface area contributed by atoms with Gasteiger partial charge in [-0.05, 0) is 38.5 Å². The zero-order chi connectivity index (χ0) is 13.5. The second-order valence-corrected chi connectivity index (χ2v) is 4.41. The first-order chi connectivity index (χ1) is 8.47. The number of hydrogen-bond acceptors (Lipinski definition) is 3. The molecule has 1 aromatic carbocycles. The lowest BCUT2D eigenvalue weighted by molar-refractivity contribution is -0.112. The zero-order valence-corrected chi connectivity index (χ0v) is 11.2. The molecular weight excluding hydrogens is 224 g/mol. The van der Waals surface area contributed by atoms with Gasteiger partial charge in [0, 0.05) is 23.2 Å². The van der Waals surface area contributed by atoms with Crippen molar-refractivity contribution >= 4 is 11.5 Å². The lowest BCUT2D eigenvalue weighted by Crippen LogP contribution is -2.19. The monoisotopic (exact) mass is 244 g/mol. The Labute approximate surface area is 109 Å². The maximum atomic E-state index is 11.1. The van der Waals surface area contributed by atoms with Gasteiger partial charge in [-0.15, -0.1) is 0 Å². The Bertz CT molecular complexity index is 475. The van der Waals surface area contributed by atoms with Crippen molar-refractivity contribution in [1.29, 1.82) is 0 Å². The quantitative estimate of drug-likeness (QED) is 0.756. The van der Waals surface area contributed by atoms with E-state index in [9.17, 15) is 4.79 Å². The summed E-state index contributed by atoms with van der Waals surface area (Å²) >= 11 is 0. The van der Waals surface area contributed by atoms with Crippen LogP contribution in [0.25, 0.3) is 0 Å². The average molecular weight is 244 g/mol. The van der Waals surface area contributed by atoms with E-state index in [1.165, 1.54) is 12.5 Å². The van der Waals surface area contributed by atoms with Crippen LogP contribution in [0.15, 0.2) is 48.3 Å². The van der Waals surface area contributed by atoms with Crippen LogP contribution in [0, 0.1) is 6.92 Å². The summed E-state index contributed by atoms with van der Waals surface area (Å²) in [5.41, 5.74) is 3.86. The molecule has 96 valence electrons. The highest BCUT2D eigenvalue weighted by Crippen LogP contribution is 2.10. The maximum absolute atomic E-state index is 11.1. The minimum atomic E-state index is 0.0183. The van der Waals surface area contributed by atoms with Gasteiger partial charge in [0.05, 0.1) is 6.54 Å². The van der Waals surface area contributed by atoms with E-state index < -0.39 is 0 Å². The van der Waals surface area contributed by atoms with Crippen LogP contribution in [-0.2, 0) is 4.79 Å². The van der Waals surface area contributed by atoms with Crippen LogP contribution >= 0.6 is 0 Å². The second-order valence-electron chi connectivity index (χ2n) is 4.41. The SMILES string of the molecule is C=C(C)N/C(=C\C(C)=O)CNc1cccc(C)c1. The van der Waals surface area contributed by atoms with Gasteiger partial charge in [-0.1, -0.05) is 18.7 Å². The fraction of sp³-hybridized carbons (Fsp3) is 0.267. The predicted octanol–water partition coefficient (Wildman–Crippen LogP) is 3.00. The number of aryl methyl sites for hydroxylation is 1. The Hall–Kier alpha value is -2.03. The summed E-state index contributed by atoms with van der Waals surface area (Å²) in [6.07, 6.45) is 1.58. The van der Waals surface area contributed by atoms with Gasteiger partial charge in [-0.25, -0.2) is 0 Å². The summed E-state index contributed by atoms with van der Waals surface area (Å²) < 4.78 is 0. The number of carbonyl (C=O) groups excluding carboxylic acids is 1. The second kappa shape index (κ2) is 6.64. The molecule has 0 atom stereocenters. The standard InChI is InChI=1S/C15H20N2O/c1-11(2)17-15(9-13(4)18)10-16-14-7-5-6-12(3)8-14/h5-9,16-17H,1,10H2,2-4H3/b15-9-. The minimum absolute atomic E-state index is 0.0183. The first-order valence-corrected chi connectivity index (χ1v) is 5.91. The molecule has 0 aliphatic heterocycles. The number of ketones is 1. The molecule has 0 heterocycles. The van der Waals surface area contributed by atoms with Gasteiger partial charge in [0.15, 0.2) is 5.78 Å². The lowest BCUT2D eigenvalue weighted by atomic mass is 10.2. The molecule has 3 heteroatoms. The van der Waals surface area contributed by atoms with Crippen LogP contribution in [0.2, 0.25) is 0 Å². The van der Waals surface area contributed by atoms with Crippen molar-refractivity contribution in [3.63, 3.8) is 0 Å². The Kier molecular flexibility index (Phi) is 5.18. The van der Waals surface area contributed by atoms with Crippen molar-refractivity contribution in [2.75, 3.05) is 11.9 Å². The number of benzene rings is 1. The Morgan fingerprint density at radius 2 is 2.11 bits per heavy atom. The van der Waals surface area contributed by atoms with Gasteiger partial charge >= 0.3 is 0 Å². The number of anilines is 1. The highest BCUT2D eigenvalue weighted by Gasteiger charge is 2.00. The molecule has 0 aliphatic rings. The van der Waals surface area contributed by atoms with Gasteiger partial charge < -0.3 is 10.6 Å². The number of rotatable bonds is 6. The third-order valence-electron chi connectivity index (χ3n) is 2.25. The minimum Gasteiger partial charge on any atom is -0.379 e. The summed E-state index contributed by atoms with van der Waals surface area (Å²) in [7, 11) is 0. The van der Waals surface area contributed by atoms with E-state index in [1.807, 2.05) is 32.0 Å². The van der Waals surface area contributed by atoms with Gasteiger partial charge in [0.2, 0.25) is 0 Å². The fourth-order valence-corrected chi connectivity index (χ4v) is 1.60. The summed E-state index contributed by atoms with van der Waals surface area (Å²) in [6.45, 7) is 9.79. The normalized spacial score (nSPS) is 10.9. The van der Waals surface area contributed by atoms with Crippen LogP contribution < -0.4 is 10.6 Å². The smallest absolute Gasteiger partial charge is 0.154 e. The van der Waals surface area contributed by atoms with Gasteiger partial charge in [-0.2, -0.15) is 0 Å². The molecule has 18 heavy (non-hydrogen) atoms. The fourth-order valence-electron chi connectivity index (χ4n) is 1.60. The van der Waals surface area contributed by atoms with Crippen molar-refractivity contribution in [3.05, 3.63) is 53.9 Å². The topological polar surface area (TPSA) is 41.1 Å². The van der Waals surface area contributed by atoms with Crippen molar-refractivity contribution in [2.45, 2.75) is 20.8 Å². The highest BCUT2D eigenvalue weighted by molar-refractivity contribution is 5.88. The molecule has 0 aromatic heterocycles. The van der Waals surface area contributed by atoms with Crippen molar-refractivity contribution in [1.82, 2.24) is 5.32 Å². The first-order valence-electron chi connectivity index (χ1n) is 5.91. The maximum Gasteiger partial charge on any atom is 0.154 e. The molecule has 0 radical (unpaired) electrons. The van der Waals surface area contributed by atoms with E-state index in [4.69, 9.17) is 0 Å². The van der Waals surface area contributed by atoms with Crippen LogP contribution in [0.5, 0.6) is 0 Å². The van der Waals surface area contributed by atoms with E-state index in [1.54, 1.807) is 6.08 Å². The van der Waals surface area contributed by atoms with E-state index in [2.05, 4.69) is 23.3 Å². The largest absolute Gasteiger partial charge is 0.379 e. The van der Waals surface area contributed by atoms with Gasteiger partial charge in [-0.3, -0.25) is 4.79 Å². The van der Waals surface area contributed by atoms with E-state index >= 15 is 0 Å². The van der Waals surface area contributed by atoms with Crippen molar-refractivity contribution < 1.29 is 4.79 Å². The molecular formula is C15H20N2O. The molecule has 0 aliphatic carbocycles. The Balaban J connectivity index is 2.67. The van der Waals surface area contributed by atoms with Gasteiger partial charge in [0.25, 0.3) is 0 Å². The summed E-state index contributed by atoms with van der Waals surface area (Å²) in [4.78, 5) is 11.1. The molecule has 0 saturated carbocycles. The molecule has 2 N–H and O–H groups in total. The summed E-state index contributed by atoms with van der Waals surface area (Å²) in [5, 5.41) is 6.35. The molecule has 0 unspecified atom stereocenters. The number of hydrogen-bond donors (Lipinski definition) is 2. The number of nitrogens with one attached hydrogen (secondary N) is 2. The molecule has 3 nitrogen and oxygen atoms in total. The Morgan fingerprint density at radius 3 is 2.67 bits per heavy atom.